The molecule has 2 aromatic rings. The van der Waals surface area contributed by atoms with Crippen LogP contribution >= 0.6 is 0 Å². The lowest BCUT2D eigenvalue weighted by Crippen LogP contribution is -2.35. The van der Waals surface area contributed by atoms with Gasteiger partial charge in [-0.15, -0.1) is 0 Å². The van der Waals surface area contributed by atoms with Crippen LogP contribution in [0.3, 0.4) is 0 Å². The highest BCUT2D eigenvalue weighted by atomic mass is 16.5. The van der Waals surface area contributed by atoms with Gasteiger partial charge in [-0.05, 0) is 50.3 Å². The summed E-state index contributed by atoms with van der Waals surface area (Å²) in [6, 6.07) is 3.99. The molecule has 0 fully saturated rings. The summed E-state index contributed by atoms with van der Waals surface area (Å²) in [6.45, 7) is 4.76. The van der Waals surface area contributed by atoms with E-state index in [1.165, 1.54) is 6.42 Å². The number of fused-ring (bicyclic) bond motifs is 1. The average Bonchev–Trinajstić information content (AvgIpc) is 2.88. The van der Waals surface area contributed by atoms with Crippen LogP contribution in [-0.2, 0) is 12.8 Å². The normalized spacial score (nSPS) is 15.4. The monoisotopic (exact) mass is 327 g/mol. The number of carbonyl (C=O) groups excluding carboxylic acids is 1. The van der Waals surface area contributed by atoms with Gasteiger partial charge in [-0.2, -0.15) is 0 Å². The van der Waals surface area contributed by atoms with Crippen LogP contribution in [0.2, 0.25) is 0 Å². The van der Waals surface area contributed by atoms with Crippen molar-refractivity contribution in [2.24, 2.45) is 0 Å². The third-order valence-corrected chi connectivity index (χ3v) is 4.86. The summed E-state index contributed by atoms with van der Waals surface area (Å²) in [5, 5.41) is 4.14. The van der Waals surface area contributed by atoms with E-state index >= 15 is 0 Å². The van der Waals surface area contributed by atoms with Crippen molar-refractivity contribution in [3.63, 3.8) is 0 Å². The van der Waals surface area contributed by atoms with Crippen LogP contribution in [0.4, 0.5) is 0 Å². The second-order valence-electron chi connectivity index (χ2n) is 6.29. The number of nitrogens with zero attached hydrogens (tertiary/aromatic N) is 3. The molecule has 2 heterocycles. The Hall–Kier alpha value is -2.17. The second-order valence-corrected chi connectivity index (χ2v) is 6.29. The van der Waals surface area contributed by atoms with Crippen LogP contribution in [0.25, 0.3) is 0 Å². The Morgan fingerprint density at radius 3 is 2.67 bits per heavy atom. The molecule has 128 valence electrons. The molecule has 1 amide bonds. The largest absolute Gasteiger partial charge is 0.360 e. The lowest BCUT2D eigenvalue weighted by Gasteiger charge is -2.30. The van der Waals surface area contributed by atoms with Gasteiger partial charge in [0, 0.05) is 30.9 Å². The molecule has 2 aromatic heterocycles. The van der Waals surface area contributed by atoms with Crippen molar-refractivity contribution in [2.45, 2.75) is 58.4 Å². The van der Waals surface area contributed by atoms with Gasteiger partial charge in [-0.25, -0.2) is 0 Å². The number of carbonyl (C=O) groups is 1. The SMILES string of the molecule is CCC(c1ccncc1)N(CC)C(=O)c1noc2c1CCCCC2. The van der Waals surface area contributed by atoms with E-state index < -0.39 is 0 Å². The fourth-order valence-electron chi connectivity index (χ4n) is 3.59. The van der Waals surface area contributed by atoms with Gasteiger partial charge in [-0.3, -0.25) is 9.78 Å². The molecule has 1 atom stereocenters. The van der Waals surface area contributed by atoms with Gasteiger partial charge in [-0.1, -0.05) is 18.5 Å². The molecule has 1 aliphatic rings. The third kappa shape index (κ3) is 3.21. The summed E-state index contributed by atoms with van der Waals surface area (Å²) >= 11 is 0. The number of aryl methyl sites for hydroxylation is 1. The molecule has 24 heavy (non-hydrogen) atoms. The third-order valence-electron chi connectivity index (χ3n) is 4.86. The number of rotatable bonds is 5. The summed E-state index contributed by atoms with van der Waals surface area (Å²) in [5.74, 6) is 0.886. The van der Waals surface area contributed by atoms with Crippen LogP contribution < -0.4 is 0 Å². The Balaban J connectivity index is 1.90. The van der Waals surface area contributed by atoms with Crippen LogP contribution in [-0.4, -0.2) is 27.5 Å². The van der Waals surface area contributed by atoms with Crippen molar-refractivity contribution in [1.82, 2.24) is 15.0 Å². The van der Waals surface area contributed by atoms with Crippen LogP contribution in [0.5, 0.6) is 0 Å². The van der Waals surface area contributed by atoms with E-state index in [0.717, 1.165) is 49.0 Å². The van der Waals surface area contributed by atoms with E-state index in [2.05, 4.69) is 17.1 Å². The second kappa shape index (κ2) is 7.60. The fourth-order valence-corrected chi connectivity index (χ4v) is 3.59. The molecule has 5 heteroatoms. The summed E-state index contributed by atoms with van der Waals surface area (Å²) in [4.78, 5) is 19.2. The fraction of sp³-hybridized carbons (Fsp3) is 0.526. The molecule has 0 radical (unpaired) electrons. The molecule has 5 nitrogen and oxygen atoms in total. The molecule has 3 rings (SSSR count). The Kier molecular flexibility index (Phi) is 5.28. The molecule has 0 aliphatic heterocycles. The van der Waals surface area contributed by atoms with Gasteiger partial charge >= 0.3 is 0 Å². The van der Waals surface area contributed by atoms with Crippen molar-refractivity contribution >= 4 is 5.91 Å². The first kappa shape index (κ1) is 16.7. The summed E-state index contributed by atoms with van der Waals surface area (Å²) in [5.41, 5.74) is 2.65. The molecule has 0 bridgehead atoms. The van der Waals surface area contributed by atoms with Crippen molar-refractivity contribution in [3.05, 3.63) is 47.1 Å². The van der Waals surface area contributed by atoms with Gasteiger partial charge < -0.3 is 9.42 Å². The lowest BCUT2D eigenvalue weighted by atomic mass is 10.0. The summed E-state index contributed by atoms with van der Waals surface area (Å²) in [7, 11) is 0. The number of amides is 1. The molecule has 0 aromatic carbocycles. The molecular weight excluding hydrogens is 302 g/mol. The number of pyridine rings is 1. The Bertz CT molecular complexity index is 681. The van der Waals surface area contributed by atoms with Crippen molar-refractivity contribution in [2.75, 3.05) is 6.54 Å². The zero-order valence-electron chi connectivity index (χ0n) is 14.5. The number of aromatic nitrogens is 2. The van der Waals surface area contributed by atoms with Crippen molar-refractivity contribution in [1.29, 1.82) is 0 Å². The maximum absolute atomic E-state index is 13.2. The topological polar surface area (TPSA) is 59.2 Å². The van der Waals surface area contributed by atoms with Gasteiger partial charge in [0.05, 0.1) is 6.04 Å². The summed E-state index contributed by atoms with van der Waals surface area (Å²) < 4.78 is 5.49. The maximum atomic E-state index is 13.2. The molecule has 0 spiro atoms. The summed E-state index contributed by atoms with van der Waals surface area (Å²) in [6.07, 6.45) is 9.58. The van der Waals surface area contributed by atoms with E-state index in [4.69, 9.17) is 4.52 Å². The lowest BCUT2D eigenvalue weighted by molar-refractivity contribution is 0.0671. The Labute approximate surface area is 143 Å². The standard InChI is InChI=1S/C19H25N3O2/c1-3-16(14-10-12-20-13-11-14)22(4-2)19(23)18-15-8-6-5-7-9-17(15)24-21-18/h10-13,16H,3-9H2,1-2H3. The smallest absolute Gasteiger partial charge is 0.276 e. The van der Waals surface area contributed by atoms with E-state index in [0.29, 0.717) is 12.2 Å². The van der Waals surface area contributed by atoms with Crippen LogP contribution in [0.1, 0.15) is 72.9 Å². The van der Waals surface area contributed by atoms with Crippen LogP contribution in [0.15, 0.2) is 29.0 Å². The highest BCUT2D eigenvalue weighted by molar-refractivity contribution is 5.94. The first-order chi connectivity index (χ1) is 11.8. The number of hydrogen-bond acceptors (Lipinski definition) is 4. The Morgan fingerprint density at radius 1 is 1.21 bits per heavy atom. The minimum Gasteiger partial charge on any atom is -0.360 e. The molecule has 0 saturated heterocycles. The number of hydrogen-bond donors (Lipinski definition) is 0. The minimum atomic E-state index is -0.0203. The van der Waals surface area contributed by atoms with Gasteiger partial charge in [0.1, 0.15) is 5.76 Å². The molecule has 0 saturated carbocycles. The van der Waals surface area contributed by atoms with Crippen LogP contribution in [0, 0.1) is 0 Å². The predicted molar refractivity (Wildman–Crippen MR) is 91.7 cm³/mol. The van der Waals surface area contributed by atoms with Gasteiger partial charge in [0.2, 0.25) is 0 Å². The quantitative estimate of drug-likeness (QED) is 0.780. The van der Waals surface area contributed by atoms with E-state index in [1.54, 1.807) is 12.4 Å². The van der Waals surface area contributed by atoms with Gasteiger partial charge in [0.25, 0.3) is 5.91 Å². The average molecular weight is 327 g/mol. The van der Waals surface area contributed by atoms with Crippen molar-refractivity contribution < 1.29 is 9.32 Å². The maximum Gasteiger partial charge on any atom is 0.276 e. The van der Waals surface area contributed by atoms with Gasteiger partial charge in [0.15, 0.2) is 5.69 Å². The highest BCUT2D eigenvalue weighted by Crippen LogP contribution is 2.29. The van der Waals surface area contributed by atoms with Crippen molar-refractivity contribution in [3.8, 4) is 0 Å². The zero-order chi connectivity index (χ0) is 16.9. The first-order valence-corrected chi connectivity index (χ1v) is 8.94. The van der Waals surface area contributed by atoms with E-state index in [1.807, 2.05) is 24.0 Å². The molecule has 1 aliphatic carbocycles. The first-order valence-electron chi connectivity index (χ1n) is 8.94. The zero-order valence-corrected chi connectivity index (χ0v) is 14.5. The van der Waals surface area contributed by atoms with E-state index in [-0.39, 0.29) is 11.9 Å². The molecular formula is C19H25N3O2. The molecule has 1 unspecified atom stereocenters. The Morgan fingerprint density at radius 2 is 1.96 bits per heavy atom. The van der Waals surface area contributed by atoms with E-state index in [9.17, 15) is 4.79 Å². The molecule has 0 N–H and O–H groups in total. The minimum absolute atomic E-state index is 0.0203. The highest BCUT2D eigenvalue weighted by Gasteiger charge is 2.30. The predicted octanol–water partition coefficient (Wildman–Crippen LogP) is 3.95.